The molecule has 0 saturated heterocycles. The van der Waals surface area contributed by atoms with Crippen molar-refractivity contribution in [3.8, 4) is 22.9 Å². The number of fused-ring (bicyclic) bond motifs is 1. The van der Waals surface area contributed by atoms with Gasteiger partial charge in [-0.15, -0.1) is 35.9 Å². The van der Waals surface area contributed by atoms with E-state index >= 15 is 0 Å². The van der Waals surface area contributed by atoms with Gasteiger partial charge in [0.25, 0.3) is 0 Å². The van der Waals surface area contributed by atoms with Gasteiger partial charge in [0.05, 0.1) is 5.71 Å². The van der Waals surface area contributed by atoms with Crippen LogP contribution in [-0.4, -0.2) is 15.8 Å². The van der Waals surface area contributed by atoms with Gasteiger partial charge in [-0.05, 0) is 28.6 Å². The predicted molar refractivity (Wildman–Crippen MR) is 121 cm³/mol. The van der Waals surface area contributed by atoms with E-state index < -0.39 is 0 Å². The maximum atomic E-state index is 10.3. The van der Waals surface area contributed by atoms with Crippen LogP contribution in [0.25, 0.3) is 22.0 Å². The van der Waals surface area contributed by atoms with Crippen molar-refractivity contribution in [3.63, 3.8) is 0 Å². The molecule has 4 nitrogen and oxygen atoms in total. The average Bonchev–Trinajstić information content (AvgIpc) is 2.74. The van der Waals surface area contributed by atoms with Gasteiger partial charge in [-0.25, -0.2) is 0 Å². The normalized spacial score (nSPS) is 11.8. The molecule has 5 heteroatoms. The number of pyridine rings is 1. The van der Waals surface area contributed by atoms with E-state index in [1.165, 1.54) is 0 Å². The Balaban J connectivity index is 0.00000272. The fourth-order valence-electron chi connectivity index (χ4n) is 3.32. The van der Waals surface area contributed by atoms with Gasteiger partial charge in [-0.2, -0.15) is 0 Å². The molecule has 31 heavy (non-hydrogen) atoms. The van der Waals surface area contributed by atoms with Crippen LogP contribution >= 0.6 is 0 Å². The second-order valence-electron chi connectivity index (χ2n) is 8.10. The van der Waals surface area contributed by atoms with Gasteiger partial charge in [0, 0.05) is 38.1 Å². The fourth-order valence-corrected chi connectivity index (χ4v) is 3.32. The second-order valence-corrected chi connectivity index (χ2v) is 8.10. The Kier molecular flexibility index (Phi) is 6.92. The van der Waals surface area contributed by atoms with Crippen LogP contribution in [0.4, 0.5) is 0 Å². The molecule has 1 N–H and O–H groups in total. The van der Waals surface area contributed by atoms with Crippen molar-refractivity contribution in [2.45, 2.75) is 20.8 Å². The molecule has 0 unspecified atom stereocenters. The van der Waals surface area contributed by atoms with E-state index in [0.717, 1.165) is 22.0 Å². The van der Waals surface area contributed by atoms with Crippen molar-refractivity contribution in [2.24, 2.45) is 10.6 Å². The molecular weight excluding hydrogens is 567 g/mol. The first-order valence-corrected chi connectivity index (χ1v) is 9.84. The first kappa shape index (κ1) is 22.7. The number of phenolic OH excluding ortho intramolecular Hbond substituents is 1. The number of nitrogens with zero attached hydrogens (tertiary/aromatic N) is 2. The third-order valence-corrected chi connectivity index (χ3v) is 4.78. The zero-order valence-corrected chi connectivity index (χ0v) is 19.8. The average molecular weight is 591 g/mol. The summed E-state index contributed by atoms with van der Waals surface area (Å²) in [6.07, 6.45) is 0. The standard InChI is InChI=1S/C26H23N2O2.Pt/c1-26(2,3)25(21-15-9-10-16-22(21)29)28-30-23-17-19-13-7-8-14-20(19)24(27-23)18-11-5-4-6-12-18;/h4-11,13-17,29H,1-3H3;/q-1;/b28-25-;. The van der Waals surface area contributed by atoms with Crippen molar-refractivity contribution in [3.05, 3.63) is 90.5 Å². The first-order chi connectivity index (χ1) is 14.4. The number of para-hydroxylation sites is 1. The minimum absolute atomic E-state index is 0. The van der Waals surface area contributed by atoms with Crippen LogP contribution in [0.1, 0.15) is 26.3 Å². The number of aromatic nitrogens is 1. The SMILES string of the molecule is CC(C)(C)/C(=N\Oc1cc2ccccc2c(-c2[c-]cccc2)n1)c1ccccc1O.[Pt]. The molecule has 0 bridgehead atoms. The third-order valence-electron chi connectivity index (χ3n) is 4.78. The van der Waals surface area contributed by atoms with Crippen LogP contribution in [0, 0.1) is 11.5 Å². The maximum absolute atomic E-state index is 10.3. The summed E-state index contributed by atoms with van der Waals surface area (Å²) in [5, 5.41) is 16.8. The minimum Gasteiger partial charge on any atom is -0.507 e. The monoisotopic (exact) mass is 590 g/mol. The largest absolute Gasteiger partial charge is 0.507 e. The summed E-state index contributed by atoms with van der Waals surface area (Å²) >= 11 is 0. The van der Waals surface area contributed by atoms with Gasteiger partial charge in [0.2, 0.25) is 5.88 Å². The Bertz CT molecular complexity index is 1210. The minimum atomic E-state index is -0.342. The van der Waals surface area contributed by atoms with E-state index in [1.54, 1.807) is 12.1 Å². The molecule has 0 radical (unpaired) electrons. The molecule has 160 valence electrons. The molecule has 0 aliphatic rings. The molecule has 3 aromatic carbocycles. The van der Waals surface area contributed by atoms with E-state index in [4.69, 9.17) is 9.82 Å². The van der Waals surface area contributed by atoms with E-state index in [-0.39, 0.29) is 32.2 Å². The summed E-state index contributed by atoms with van der Waals surface area (Å²) < 4.78 is 0. The van der Waals surface area contributed by atoms with Gasteiger partial charge in [0.15, 0.2) is 0 Å². The molecule has 4 rings (SSSR count). The number of rotatable bonds is 4. The molecule has 1 aromatic heterocycles. The second kappa shape index (κ2) is 9.45. The van der Waals surface area contributed by atoms with Crippen LogP contribution in [-0.2, 0) is 21.1 Å². The van der Waals surface area contributed by atoms with E-state index in [9.17, 15) is 5.11 Å². The molecule has 0 spiro atoms. The number of hydrogen-bond donors (Lipinski definition) is 1. The first-order valence-electron chi connectivity index (χ1n) is 9.84. The quantitative estimate of drug-likeness (QED) is 0.174. The summed E-state index contributed by atoms with van der Waals surface area (Å²) in [6.45, 7) is 6.08. The summed E-state index contributed by atoms with van der Waals surface area (Å²) in [5.74, 6) is 0.555. The third kappa shape index (κ3) is 5.03. The Labute approximate surface area is 196 Å². The van der Waals surface area contributed by atoms with Crippen molar-refractivity contribution in [1.82, 2.24) is 4.98 Å². The molecule has 0 saturated carbocycles. The molecule has 0 aliphatic heterocycles. The zero-order valence-electron chi connectivity index (χ0n) is 17.6. The zero-order chi connectivity index (χ0) is 21.1. The number of hydrogen-bond acceptors (Lipinski definition) is 4. The number of benzene rings is 3. The Morgan fingerprint density at radius 2 is 1.68 bits per heavy atom. The van der Waals surface area contributed by atoms with Gasteiger partial charge in [0.1, 0.15) is 5.75 Å². The van der Waals surface area contributed by atoms with Gasteiger partial charge >= 0.3 is 0 Å². The van der Waals surface area contributed by atoms with Crippen LogP contribution in [0.5, 0.6) is 11.6 Å². The summed E-state index contributed by atoms with van der Waals surface area (Å²) in [5.41, 5.74) is 2.62. The van der Waals surface area contributed by atoms with Gasteiger partial charge in [-0.1, -0.05) is 62.3 Å². The number of phenols is 1. The molecule has 0 fully saturated rings. The number of oxime groups is 1. The van der Waals surface area contributed by atoms with Crippen LogP contribution < -0.4 is 4.84 Å². The van der Waals surface area contributed by atoms with Crippen molar-refractivity contribution in [1.29, 1.82) is 0 Å². The van der Waals surface area contributed by atoms with Crippen LogP contribution in [0.15, 0.2) is 84.0 Å². The fraction of sp³-hybridized carbons (Fsp3) is 0.154. The van der Waals surface area contributed by atoms with E-state index in [0.29, 0.717) is 17.2 Å². The maximum Gasteiger partial charge on any atom is 0.240 e. The van der Waals surface area contributed by atoms with Crippen molar-refractivity contribution < 1.29 is 31.0 Å². The van der Waals surface area contributed by atoms with Gasteiger partial charge < -0.3 is 9.94 Å². The molecule has 4 aromatic rings. The topological polar surface area (TPSA) is 54.7 Å². The Morgan fingerprint density at radius 3 is 2.39 bits per heavy atom. The van der Waals surface area contributed by atoms with Gasteiger partial charge in [-0.3, -0.25) is 4.98 Å². The molecule has 0 amide bonds. The molecule has 1 heterocycles. The Hall–Kier alpha value is -2.97. The van der Waals surface area contributed by atoms with Crippen LogP contribution in [0.2, 0.25) is 0 Å². The van der Waals surface area contributed by atoms with Crippen molar-refractivity contribution >= 4 is 16.5 Å². The van der Waals surface area contributed by atoms with E-state index in [2.05, 4.69) is 11.2 Å². The summed E-state index contributed by atoms with van der Waals surface area (Å²) in [6, 6.07) is 28.0. The predicted octanol–water partition coefficient (Wildman–Crippen LogP) is 6.23. The Morgan fingerprint density at radius 1 is 0.968 bits per heavy atom. The van der Waals surface area contributed by atoms with E-state index in [1.807, 2.05) is 87.5 Å². The van der Waals surface area contributed by atoms with Crippen LogP contribution in [0.3, 0.4) is 0 Å². The molecule has 0 atom stereocenters. The molecular formula is C26H23N2O2Pt-. The summed E-state index contributed by atoms with van der Waals surface area (Å²) in [7, 11) is 0. The number of aromatic hydroxyl groups is 1. The smallest absolute Gasteiger partial charge is 0.240 e. The molecule has 0 aliphatic carbocycles. The summed E-state index contributed by atoms with van der Waals surface area (Å²) in [4.78, 5) is 10.5. The van der Waals surface area contributed by atoms with Crippen molar-refractivity contribution in [2.75, 3.05) is 0 Å².